The summed E-state index contributed by atoms with van der Waals surface area (Å²) >= 11 is 0. The zero-order chi connectivity index (χ0) is 25.0. The molecule has 8 nitrogen and oxygen atoms in total. The fourth-order valence-electron chi connectivity index (χ4n) is 4.29. The third kappa shape index (κ3) is 5.73. The fourth-order valence-corrected chi connectivity index (χ4v) is 4.29. The van der Waals surface area contributed by atoms with Crippen molar-refractivity contribution in [3.63, 3.8) is 0 Å². The Balaban J connectivity index is 1.37. The highest BCUT2D eigenvalue weighted by Gasteiger charge is 2.31. The molecule has 2 N–H and O–H groups in total. The number of hydrogen-bond donors (Lipinski definition) is 2. The number of hydrogen-bond acceptors (Lipinski definition) is 5. The van der Waals surface area contributed by atoms with Crippen LogP contribution in [0.4, 0.5) is 35.2 Å². The van der Waals surface area contributed by atoms with Gasteiger partial charge in [-0.2, -0.15) is 13.2 Å². The van der Waals surface area contributed by atoms with Crippen molar-refractivity contribution < 1.29 is 27.5 Å². The first kappa shape index (κ1) is 24.5. The van der Waals surface area contributed by atoms with Gasteiger partial charge in [0.05, 0.1) is 18.2 Å². The summed E-state index contributed by atoms with van der Waals surface area (Å²) in [6.07, 6.45) is 0.436. The quantitative estimate of drug-likeness (QED) is 0.637. The van der Waals surface area contributed by atoms with Crippen LogP contribution in [0.25, 0.3) is 0 Å². The van der Waals surface area contributed by atoms with Gasteiger partial charge in [-0.15, -0.1) is 0 Å². The highest BCUT2D eigenvalue weighted by Crippen LogP contribution is 2.30. The van der Waals surface area contributed by atoms with Crippen molar-refractivity contribution in [2.24, 2.45) is 0 Å². The van der Waals surface area contributed by atoms with Crippen LogP contribution in [0.1, 0.15) is 24.8 Å². The van der Waals surface area contributed by atoms with Crippen molar-refractivity contribution in [3.05, 3.63) is 59.9 Å². The van der Waals surface area contributed by atoms with Gasteiger partial charge in [-0.25, -0.2) is 9.78 Å². The Labute approximate surface area is 200 Å². The van der Waals surface area contributed by atoms with Gasteiger partial charge < -0.3 is 19.9 Å². The van der Waals surface area contributed by atoms with Crippen molar-refractivity contribution in [2.45, 2.75) is 31.5 Å². The number of nitrogens with one attached hydrogen (secondary N) is 2. The number of carbonyl (C=O) groups excluding carboxylic acids is 2. The number of anilines is 3. The van der Waals surface area contributed by atoms with Crippen LogP contribution in [0, 0.1) is 0 Å². The fraction of sp³-hybridized carbons (Fsp3) is 0.375. The van der Waals surface area contributed by atoms with Gasteiger partial charge in [-0.05, 0) is 55.7 Å². The minimum atomic E-state index is -4.52. The molecule has 0 bridgehead atoms. The second kappa shape index (κ2) is 10.3. The SMILES string of the molecule is COC[C@@H]1CCCN1c1ccc(N2CCC=C(NC(=O)Nc3ccc(C(F)(F)F)cn3)C2=O)cc1. The maximum atomic E-state index is 13.0. The molecule has 1 aromatic heterocycles. The monoisotopic (exact) mass is 489 g/mol. The van der Waals surface area contributed by atoms with Crippen molar-refractivity contribution in [1.29, 1.82) is 0 Å². The molecule has 0 aliphatic carbocycles. The summed E-state index contributed by atoms with van der Waals surface area (Å²) in [7, 11) is 1.70. The lowest BCUT2D eigenvalue weighted by molar-refractivity contribution is -0.137. The van der Waals surface area contributed by atoms with Crippen LogP contribution in [0.2, 0.25) is 0 Å². The summed E-state index contributed by atoms with van der Waals surface area (Å²) in [5.41, 5.74) is 0.937. The number of urea groups is 1. The standard InChI is InChI=1S/C24H26F3N5O3/c1-35-15-19-4-2-12-31(19)17-7-9-18(10-8-17)32-13-3-5-20(22(32)33)29-23(34)30-21-11-6-16(14-28-21)24(25,26)27/h5-11,14,19H,2-4,12-13,15H2,1H3,(H2,28,29,30,34)/t19-/m0/s1. The van der Waals surface area contributed by atoms with Crippen LogP contribution >= 0.6 is 0 Å². The molecular formula is C24H26F3N5O3. The molecule has 0 saturated carbocycles. The first-order chi connectivity index (χ1) is 16.8. The third-order valence-corrected chi connectivity index (χ3v) is 5.99. The van der Waals surface area contributed by atoms with E-state index in [1.54, 1.807) is 18.1 Å². The van der Waals surface area contributed by atoms with E-state index in [2.05, 4.69) is 20.5 Å². The predicted octanol–water partition coefficient (Wildman–Crippen LogP) is 4.16. The van der Waals surface area contributed by atoms with Crippen molar-refractivity contribution in [2.75, 3.05) is 41.9 Å². The molecule has 3 heterocycles. The first-order valence-electron chi connectivity index (χ1n) is 11.2. The van der Waals surface area contributed by atoms with E-state index in [0.29, 0.717) is 37.5 Å². The van der Waals surface area contributed by atoms with Gasteiger partial charge in [0.25, 0.3) is 5.91 Å². The number of carbonyl (C=O) groups is 2. The van der Waals surface area contributed by atoms with Gasteiger partial charge in [-0.1, -0.05) is 6.08 Å². The maximum absolute atomic E-state index is 13.0. The Kier molecular flexibility index (Phi) is 7.25. The van der Waals surface area contributed by atoms with E-state index in [0.717, 1.165) is 37.2 Å². The average Bonchev–Trinajstić information content (AvgIpc) is 3.29. The molecule has 2 aromatic rings. The number of methoxy groups -OCH3 is 1. The van der Waals surface area contributed by atoms with Gasteiger partial charge in [-0.3, -0.25) is 10.1 Å². The van der Waals surface area contributed by atoms with E-state index in [1.165, 1.54) is 0 Å². The lowest BCUT2D eigenvalue weighted by atomic mass is 10.1. The van der Waals surface area contributed by atoms with Crippen molar-refractivity contribution >= 4 is 29.1 Å². The molecule has 1 saturated heterocycles. The lowest BCUT2D eigenvalue weighted by Crippen LogP contribution is -2.42. The number of pyridine rings is 1. The molecule has 35 heavy (non-hydrogen) atoms. The maximum Gasteiger partial charge on any atom is 0.417 e. The summed E-state index contributed by atoms with van der Waals surface area (Å²) in [5.74, 6) is -0.446. The zero-order valence-electron chi connectivity index (χ0n) is 19.1. The molecule has 186 valence electrons. The molecule has 1 fully saturated rings. The Morgan fingerprint density at radius 1 is 1.11 bits per heavy atom. The molecule has 0 radical (unpaired) electrons. The topological polar surface area (TPSA) is 86.8 Å². The highest BCUT2D eigenvalue weighted by atomic mass is 19.4. The minimum absolute atomic E-state index is 0.0690. The van der Waals surface area contributed by atoms with Gasteiger partial charge in [0.2, 0.25) is 0 Å². The molecule has 4 rings (SSSR count). The van der Waals surface area contributed by atoms with Gasteiger partial charge in [0, 0.05) is 37.8 Å². The Bertz CT molecular complexity index is 1090. The Morgan fingerprint density at radius 2 is 1.86 bits per heavy atom. The van der Waals surface area contributed by atoms with E-state index < -0.39 is 17.8 Å². The summed E-state index contributed by atoms with van der Waals surface area (Å²) < 4.78 is 43.3. The van der Waals surface area contributed by atoms with Crippen molar-refractivity contribution in [3.8, 4) is 0 Å². The minimum Gasteiger partial charge on any atom is -0.383 e. The Hall–Kier alpha value is -3.60. The van der Waals surface area contributed by atoms with Gasteiger partial charge in [0.1, 0.15) is 11.5 Å². The number of aromatic nitrogens is 1. The molecule has 3 amide bonds. The normalized spacial score (nSPS) is 18.5. The third-order valence-electron chi connectivity index (χ3n) is 5.99. The van der Waals surface area contributed by atoms with Crippen LogP contribution in [0.3, 0.4) is 0 Å². The van der Waals surface area contributed by atoms with Crippen LogP contribution in [0.15, 0.2) is 54.4 Å². The molecule has 2 aliphatic heterocycles. The number of alkyl halides is 3. The number of nitrogens with zero attached hydrogens (tertiary/aromatic N) is 3. The van der Waals surface area contributed by atoms with Crippen LogP contribution in [-0.4, -0.2) is 49.8 Å². The zero-order valence-corrected chi connectivity index (χ0v) is 19.1. The number of ether oxygens (including phenoxy) is 1. The molecular weight excluding hydrogens is 463 g/mol. The van der Waals surface area contributed by atoms with E-state index >= 15 is 0 Å². The molecule has 0 spiro atoms. The van der Waals surface area contributed by atoms with Crippen LogP contribution in [0.5, 0.6) is 0 Å². The van der Waals surface area contributed by atoms with Crippen LogP contribution < -0.4 is 20.4 Å². The first-order valence-corrected chi connectivity index (χ1v) is 11.2. The smallest absolute Gasteiger partial charge is 0.383 e. The summed E-state index contributed by atoms with van der Waals surface area (Å²) in [6, 6.07) is 9.14. The second-order valence-corrected chi connectivity index (χ2v) is 8.33. The van der Waals surface area contributed by atoms with Gasteiger partial charge in [0.15, 0.2) is 0 Å². The van der Waals surface area contributed by atoms with E-state index in [-0.39, 0.29) is 17.4 Å². The molecule has 2 aliphatic rings. The van der Waals surface area contributed by atoms with E-state index in [1.807, 2.05) is 24.3 Å². The second-order valence-electron chi connectivity index (χ2n) is 8.33. The summed E-state index contributed by atoms with van der Waals surface area (Å²) in [6.45, 7) is 2.08. The molecule has 0 unspecified atom stereocenters. The van der Waals surface area contributed by atoms with Gasteiger partial charge >= 0.3 is 12.2 Å². The van der Waals surface area contributed by atoms with E-state index in [4.69, 9.17) is 4.74 Å². The summed E-state index contributed by atoms with van der Waals surface area (Å²) in [5, 5.41) is 4.81. The number of halogens is 3. The van der Waals surface area contributed by atoms with E-state index in [9.17, 15) is 22.8 Å². The number of rotatable bonds is 6. The Morgan fingerprint density at radius 3 is 2.51 bits per heavy atom. The molecule has 11 heteroatoms. The molecule has 1 atom stereocenters. The highest BCUT2D eigenvalue weighted by molar-refractivity contribution is 6.09. The largest absolute Gasteiger partial charge is 0.417 e. The number of benzene rings is 1. The average molecular weight is 489 g/mol. The van der Waals surface area contributed by atoms with Crippen molar-refractivity contribution in [1.82, 2.24) is 10.3 Å². The number of amides is 3. The lowest BCUT2D eigenvalue weighted by Gasteiger charge is -2.29. The predicted molar refractivity (Wildman–Crippen MR) is 125 cm³/mol. The molecule has 1 aromatic carbocycles. The van der Waals surface area contributed by atoms with Crippen LogP contribution in [-0.2, 0) is 15.7 Å². The summed E-state index contributed by atoms with van der Waals surface area (Å²) in [4.78, 5) is 32.8.